The summed E-state index contributed by atoms with van der Waals surface area (Å²) in [5.41, 5.74) is 13.0. The lowest BCUT2D eigenvalue weighted by atomic mass is 9.85. The lowest BCUT2D eigenvalue weighted by Gasteiger charge is -2.18. The fraction of sp³-hybridized carbons (Fsp3) is 0. The molecule has 0 fully saturated rings. The number of carbonyl (C=O) groups is 1. The van der Waals surface area contributed by atoms with Crippen LogP contribution in [0.3, 0.4) is 0 Å². The molecule has 1 heteroatoms. The number of Topliss-reactive ketones (excluding diaryl/α,β-unsaturated/α-hetero) is 1. The second kappa shape index (κ2) is 15.3. The Labute approximate surface area is 328 Å². The van der Waals surface area contributed by atoms with Crippen LogP contribution >= 0.6 is 0 Å². The highest BCUT2D eigenvalue weighted by Gasteiger charge is 2.36. The third kappa shape index (κ3) is 6.79. The first-order valence-corrected chi connectivity index (χ1v) is 18.7. The van der Waals surface area contributed by atoms with Crippen molar-refractivity contribution in [2.75, 3.05) is 0 Å². The topological polar surface area (TPSA) is 17.1 Å². The molecule has 0 heterocycles. The van der Waals surface area contributed by atoms with Crippen LogP contribution in [-0.4, -0.2) is 5.78 Å². The maximum Gasteiger partial charge on any atom is 0.195 e. The summed E-state index contributed by atoms with van der Waals surface area (Å²) in [6.07, 6.45) is 0. The minimum Gasteiger partial charge on any atom is -0.289 e. The van der Waals surface area contributed by atoms with Gasteiger partial charge in [0.05, 0.1) is 0 Å². The Kier molecular flexibility index (Phi) is 9.33. The number of carbonyl (C=O) groups excluding carboxylic acids is 1. The van der Waals surface area contributed by atoms with Crippen LogP contribution in [-0.2, 0) is 4.79 Å². The second-order valence-corrected chi connectivity index (χ2v) is 13.7. The highest BCUT2D eigenvalue weighted by Crippen LogP contribution is 2.51. The summed E-state index contributed by atoms with van der Waals surface area (Å²) in [5.74, 6) is 13.2. The third-order valence-electron chi connectivity index (χ3n) is 10.1. The summed E-state index contributed by atoms with van der Waals surface area (Å²) in [5, 5.41) is 2.19. The van der Waals surface area contributed by atoms with Crippen molar-refractivity contribution in [3.8, 4) is 34.8 Å². The van der Waals surface area contributed by atoms with Crippen molar-refractivity contribution in [1.29, 1.82) is 0 Å². The van der Waals surface area contributed by atoms with Crippen molar-refractivity contribution < 1.29 is 4.79 Å². The van der Waals surface area contributed by atoms with Crippen molar-refractivity contribution in [2.24, 2.45) is 0 Å². The molecule has 0 unspecified atom stereocenters. The van der Waals surface area contributed by atoms with Crippen LogP contribution in [0.25, 0.3) is 44.2 Å². The van der Waals surface area contributed by atoms with E-state index in [0.717, 1.165) is 77.6 Å². The van der Waals surface area contributed by atoms with E-state index in [9.17, 15) is 0 Å². The van der Waals surface area contributed by atoms with E-state index in [-0.39, 0.29) is 5.78 Å². The highest BCUT2D eigenvalue weighted by molar-refractivity contribution is 6.59. The zero-order valence-electron chi connectivity index (χ0n) is 30.5. The average molecular weight is 711 g/mol. The van der Waals surface area contributed by atoms with Gasteiger partial charge in [-0.2, -0.15) is 0 Å². The molecule has 1 aliphatic rings. The van der Waals surface area contributed by atoms with Crippen LogP contribution in [0.4, 0.5) is 0 Å². The number of hydrogen-bond acceptors (Lipinski definition) is 1. The van der Waals surface area contributed by atoms with Crippen molar-refractivity contribution in [1.82, 2.24) is 0 Å². The molecule has 0 bridgehead atoms. The number of benzene rings is 8. The molecule has 0 N–H and O–H groups in total. The molecule has 0 spiro atoms. The Morgan fingerprint density at radius 1 is 0.250 bits per heavy atom. The molecule has 260 valence electrons. The molecule has 0 aromatic heterocycles. The normalized spacial score (nSPS) is 12.2. The molecule has 8 aromatic carbocycles. The molecular formula is C55H34O. The summed E-state index contributed by atoms with van der Waals surface area (Å²) in [6, 6.07) is 69.9. The Balaban J connectivity index is 1.21. The molecule has 0 saturated carbocycles. The lowest BCUT2D eigenvalue weighted by Crippen LogP contribution is -2.01. The van der Waals surface area contributed by atoms with Crippen molar-refractivity contribution >= 4 is 38.8 Å². The molecule has 1 aliphatic carbocycles. The molecule has 0 saturated heterocycles. The Hall–Kier alpha value is -7.71. The van der Waals surface area contributed by atoms with Crippen molar-refractivity contribution in [2.45, 2.75) is 0 Å². The summed E-state index contributed by atoms with van der Waals surface area (Å²) in [4.78, 5) is 15.1. The summed E-state index contributed by atoms with van der Waals surface area (Å²) >= 11 is 0. The number of fused-ring (bicyclic) bond motifs is 1. The van der Waals surface area contributed by atoms with E-state index in [0.29, 0.717) is 11.1 Å². The van der Waals surface area contributed by atoms with E-state index in [1.807, 2.05) is 121 Å². The maximum absolute atomic E-state index is 15.1. The molecular weight excluding hydrogens is 677 g/mol. The summed E-state index contributed by atoms with van der Waals surface area (Å²) < 4.78 is 0. The Morgan fingerprint density at radius 2 is 0.589 bits per heavy atom. The molecule has 8 aromatic rings. The van der Waals surface area contributed by atoms with Gasteiger partial charge in [-0.05, 0) is 92.7 Å². The SMILES string of the molecule is O=C1C(c2ccccc2)=C(c2ccc(C#Cc3ccccc3)cc2)C(c2ccc(-c3ccc(C#Cc4ccccc4)cc3)c3ccccc23)=C1c1ccccc1. The molecule has 0 aliphatic heterocycles. The largest absolute Gasteiger partial charge is 0.289 e. The fourth-order valence-corrected chi connectivity index (χ4v) is 7.47. The van der Waals surface area contributed by atoms with Gasteiger partial charge in [0.25, 0.3) is 0 Å². The van der Waals surface area contributed by atoms with Crippen LogP contribution in [0, 0.1) is 23.7 Å². The van der Waals surface area contributed by atoms with Gasteiger partial charge in [-0.25, -0.2) is 0 Å². The van der Waals surface area contributed by atoms with Crippen molar-refractivity contribution in [3.05, 3.63) is 251 Å². The zero-order chi connectivity index (χ0) is 37.7. The molecule has 9 rings (SSSR count). The van der Waals surface area contributed by atoms with E-state index in [1.165, 1.54) is 0 Å². The average Bonchev–Trinajstić information content (AvgIpc) is 3.58. The minimum absolute atomic E-state index is 0.0145. The van der Waals surface area contributed by atoms with Gasteiger partial charge >= 0.3 is 0 Å². The highest BCUT2D eigenvalue weighted by atomic mass is 16.1. The van der Waals surface area contributed by atoms with Gasteiger partial charge in [0, 0.05) is 44.5 Å². The van der Waals surface area contributed by atoms with Crippen LogP contribution < -0.4 is 0 Å². The van der Waals surface area contributed by atoms with Crippen LogP contribution in [0.2, 0.25) is 0 Å². The number of ketones is 1. The van der Waals surface area contributed by atoms with Gasteiger partial charge < -0.3 is 0 Å². The van der Waals surface area contributed by atoms with Crippen LogP contribution in [0.5, 0.6) is 0 Å². The zero-order valence-corrected chi connectivity index (χ0v) is 30.5. The van der Waals surface area contributed by atoms with Gasteiger partial charge in [-0.1, -0.05) is 181 Å². The Morgan fingerprint density at radius 3 is 1.07 bits per heavy atom. The fourth-order valence-electron chi connectivity index (χ4n) is 7.47. The molecule has 1 nitrogen and oxygen atoms in total. The first kappa shape index (κ1) is 34.1. The van der Waals surface area contributed by atoms with Crippen LogP contribution in [0.1, 0.15) is 44.5 Å². The molecule has 0 atom stereocenters. The maximum atomic E-state index is 15.1. The van der Waals surface area contributed by atoms with Gasteiger partial charge in [-0.15, -0.1) is 0 Å². The smallest absolute Gasteiger partial charge is 0.195 e. The number of rotatable bonds is 5. The van der Waals surface area contributed by atoms with Crippen LogP contribution in [0.15, 0.2) is 206 Å². The number of allylic oxidation sites excluding steroid dienone is 4. The van der Waals surface area contributed by atoms with Gasteiger partial charge in [-0.3, -0.25) is 4.79 Å². The Bertz CT molecular complexity index is 2910. The first-order chi connectivity index (χ1) is 27.7. The predicted molar refractivity (Wildman–Crippen MR) is 232 cm³/mol. The van der Waals surface area contributed by atoms with Gasteiger partial charge in [0.15, 0.2) is 5.78 Å². The van der Waals surface area contributed by atoms with E-state index >= 15 is 4.79 Å². The van der Waals surface area contributed by atoms with E-state index in [1.54, 1.807) is 0 Å². The number of hydrogen-bond donors (Lipinski definition) is 0. The standard InChI is InChI=1S/C55H34O/c56-55-52(44-19-9-3-10-20-44)51(46-35-31-42(32-36-46)28-26-40-17-7-2-8-18-40)54(53(55)45-21-11-4-12-22-45)50-38-37-47(48-23-13-14-24-49(48)50)43-33-29-41(30-34-43)27-25-39-15-5-1-6-16-39/h1-24,29-38H. The van der Waals surface area contributed by atoms with Crippen molar-refractivity contribution in [3.63, 3.8) is 0 Å². The quantitative estimate of drug-likeness (QED) is 0.163. The van der Waals surface area contributed by atoms with Gasteiger partial charge in [0.1, 0.15) is 0 Å². The third-order valence-corrected chi connectivity index (χ3v) is 10.1. The monoisotopic (exact) mass is 710 g/mol. The van der Waals surface area contributed by atoms with Gasteiger partial charge in [0.2, 0.25) is 0 Å². The lowest BCUT2D eigenvalue weighted by molar-refractivity contribution is -0.108. The van der Waals surface area contributed by atoms with E-state index < -0.39 is 0 Å². The molecule has 0 amide bonds. The first-order valence-electron chi connectivity index (χ1n) is 18.7. The predicted octanol–water partition coefficient (Wildman–Crippen LogP) is 12.4. The summed E-state index contributed by atoms with van der Waals surface area (Å²) in [6.45, 7) is 0. The molecule has 0 radical (unpaired) electrons. The molecule has 56 heavy (non-hydrogen) atoms. The van der Waals surface area contributed by atoms with E-state index in [4.69, 9.17) is 0 Å². The second-order valence-electron chi connectivity index (χ2n) is 13.7. The van der Waals surface area contributed by atoms with E-state index in [2.05, 4.69) is 109 Å². The summed E-state index contributed by atoms with van der Waals surface area (Å²) in [7, 11) is 0. The minimum atomic E-state index is 0.0145.